The molecule has 0 aliphatic heterocycles. The molecule has 96 valence electrons. The number of aryl methyl sites for hydroxylation is 2. The lowest BCUT2D eigenvalue weighted by molar-refractivity contribution is 0.405. The van der Waals surface area contributed by atoms with Crippen molar-refractivity contribution in [3.05, 3.63) is 35.9 Å². The van der Waals surface area contributed by atoms with Gasteiger partial charge in [-0.05, 0) is 25.3 Å². The van der Waals surface area contributed by atoms with Crippen LogP contribution in [0.2, 0.25) is 0 Å². The van der Waals surface area contributed by atoms with Crippen molar-refractivity contribution in [1.29, 1.82) is 0 Å². The van der Waals surface area contributed by atoms with Crippen molar-refractivity contribution in [3.63, 3.8) is 0 Å². The van der Waals surface area contributed by atoms with E-state index in [2.05, 4.69) is 36.3 Å². The lowest BCUT2D eigenvalue weighted by Gasteiger charge is -2.01. The van der Waals surface area contributed by atoms with Crippen molar-refractivity contribution in [2.24, 2.45) is 0 Å². The van der Waals surface area contributed by atoms with Crippen LogP contribution in [0.5, 0.6) is 5.88 Å². The van der Waals surface area contributed by atoms with Crippen molar-refractivity contribution in [2.75, 3.05) is 0 Å². The van der Waals surface area contributed by atoms with Crippen molar-refractivity contribution in [3.8, 4) is 17.1 Å². The first kappa shape index (κ1) is 12.7. The van der Waals surface area contributed by atoms with Gasteiger partial charge in [0.25, 0.3) is 0 Å². The summed E-state index contributed by atoms with van der Waals surface area (Å²) < 4.78 is 1.60. The lowest BCUT2D eigenvalue weighted by Crippen LogP contribution is -1.95. The Morgan fingerprint density at radius 3 is 2.44 bits per heavy atom. The zero-order chi connectivity index (χ0) is 13.0. The minimum atomic E-state index is 0.225. The van der Waals surface area contributed by atoms with Gasteiger partial charge in [0.2, 0.25) is 5.88 Å². The van der Waals surface area contributed by atoms with Crippen LogP contribution in [0, 0.1) is 0 Å². The van der Waals surface area contributed by atoms with Gasteiger partial charge in [0.15, 0.2) is 0 Å². The summed E-state index contributed by atoms with van der Waals surface area (Å²) in [5.41, 5.74) is 3.24. The number of nitrogens with zero attached hydrogens (tertiary/aromatic N) is 2. The zero-order valence-electron chi connectivity index (χ0n) is 11.1. The van der Waals surface area contributed by atoms with E-state index in [-0.39, 0.29) is 5.88 Å². The molecule has 0 aliphatic rings. The molecular weight excluding hydrogens is 224 g/mol. The van der Waals surface area contributed by atoms with Crippen LogP contribution in [0.3, 0.4) is 0 Å². The molecular formula is C15H20N2O. The minimum absolute atomic E-state index is 0.225. The van der Waals surface area contributed by atoms with E-state index in [0.29, 0.717) is 6.54 Å². The monoisotopic (exact) mass is 244 g/mol. The number of benzene rings is 1. The Morgan fingerprint density at radius 1 is 1.17 bits per heavy atom. The first-order chi connectivity index (χ1) is 8.74. The van der Waals surface area contributed by atoms with E-state index in [4.69, 9.17) is 0 Å². The summed E-state index contributed by atoms with van der Waals surface area (Å²) in [6.45, 7) is 4.85. The van der Waals surface area contributed by atoms with Gasteiger partial charge < -0.3 is 5.11 Å². The predicted molar refractivity (Wildman–Crippen MR) is 73.6 cm³/mol. The van der Waals surface area contributed by atoms with E-state index in [1.807, 2.05) is 6.92 Å². The third-order valence-electron chi connectivity index (χ3n) is 3.13. The van der Waals surface area contributed by atoms with Crippen LogP contribution < -0.4 is 0 Å². The Labute approximate surface area is 108 Å². The molecule has 0 bridgehead atoms. The van der Waals surface area contributed by atoms with Crippen molar-refractivity contribution >= 4 is 0 Å². The second-order valence-electron chi connectivity index (χ2n) is 4.50. The maximum atomic E-state index is 9.66. The molecule has 0 aliphatic carbocycles. The smallest absolute Gasteiger partial charge is 0.209 e. The zero-order valence-corrected chi connectivity index (χ0v) is 11.1. The SMILES string of the molecule is CCCCc1ccc(-c2cc(O)n(CC)n2)cc1. The average Bonchev–Trinajstić information content (AvgIpc) is 2.78. The van der Waals surface area contributed by atoms with Gasteiger partial charge in [-0.1, -0.05) is 37.6 Å². The largest absolute Gasteiger partial charge is 0.493 e. The number of aromatic hydroxyl groups is 1. The Morgan fingerprint density at radius 2 is 1.89 bits per heavy atom. The van der Waals surface area contributed by atoms with E-state index < -0.39 is 0 Å². The first-order valence-corrected chi connectivity index (χ1v) is 6.60. The normalized spacial score (nSPS) is 10.8. The molecule has 18 heavy (non-hydrogen) atoms. The maximum absolute atomic E-state index is 9.66. The second kappa shape index (κ2) is 5.71. The van der Waals surface area contributed by atoms with Crippen LogP contribution in [0.15, 0.2) is 30.3 Å². The van der Waals surface area contributed by atoms with Crippen LogP contribution in [0.25, 0.3) is 11.3 Å². The maximum Gasteiger partial charge on any atom is 0.209 e. The molecule has 0 spiro atoms. The molecule has 1 heterocycles. The summed E-state index contributed by atoms with van der Waals surface area (Å²) in [7, 11) is 0. The molecule has 1 N–H and O–H groups in total. The van der Waals surface area contributed by atoms with Crippen LogP contribution >= 0.6 is 0 Å². The molecule has 0 unspecified atom stereocenters. The topological polar surface area (TPSA) is 38.0 Å². The molecule has 0 saturated heterocycles. The van der Waals surface area contributed by atoms with Crippen LogP contribution in [-0.4, -0.2) is 14.9 Å². The molecule has 2 rings (SSSR count). The molecule has 1 aromatic carbocycles. The van der Waals surface area contributed by atoms with E-state index in [9.17, 15) is 5.11 Å². The van der Waals surface area contributed by atoms with Crippen molar-refractivity contribution in [1.82, 2.24) is 9.78 Å². The molecule has 1 aromatic heterocycles. The summed E-state index contributed by atoms with van der Waals surface area (Å²) in [4.78, 5) is 0. The fraction of sp³-hybridized carbons (Fsp3) is 0.400. The van der Waals surface area contributed by atoms with Crippen molar-refractivity contribution in [2.45, 2.75) is 39.7 Å². The van der Waals surface area contributed by atoms with E-state index in [1.165, 1.54) is 18.4 Å². The molecule has 0 radical (unpaired) electrons. The Kier molecular flexibility index (Phi) is 4.03. The highest BCUT2D eigenvalue weighted by atomic mass is 16.3. The number of aromatic nitrogens is 2. The predicted octanol–water partition coefficient (Wildman–Crippen LogP) is 3.62. The Bertz CT molecular complexity index is 500. The van der Waals surface area contributed by atoms with Gasteiger partial charge in [-0.25, -0.2) is 4.68 Å². The highest BCUT2D eigenvalue weighted by molar-refractivity contribution is 5.60. The molecule has 0 fully saturated rings. The molecule has 2 aromatic rings. The highest BCUT2D eigenvalue weighted by Gasteiger charge is 2.07. The average molecular weight is 244 g/mol. The third-order valence-corrected chi connectivity index (χ3v) is 3.13. The number of hydrogen-bond acceptors (Lipinski definition) is 2. The van der Waals surface area contributed by atoms with E-state index in [0.717, 1.165) is 17.7 Å². The van der Waals surface area contributed by atoms with E-state index in [1.54, 1.807) is 10.7 Å². The summed E-state index contributed by atoms with van der Waals surface area (Å²) in [6.07, 6.45) is 3.58. The first-order valence-electron chi connectivity index (χ1n) is 6.60. The molecule has 0 atom stereocenters. The fourth-order valence-corrected chi connectivity index (χ4v) is 2.00. The summed E-state index contributed by atoms with van der Waals surface area (Å²) in [5.74, 6) is 0.225. The molecule has 3 nitrogen and oxygen atoms in total. The van der Waals surface area contributed by atoms with Gasteiger partial charge in [0.1, 0.15) is 0 Å². The van der Waals surface area contributed by atoms with Gasteiger partial charge in [0, 0.05) is 18.2 Å². The van der Waals surface area contributed by atoms with E-state index >= 15 is 0 Å². The van der Waals surface area contributed by atoms with Crippen LogP contribution in [0.1, 0.15) is 32.3 Å². The molecule has 0 amide bonds. The van der Waals surface area contributed by atoms with Gasteiger partial charge >= 0.3 is 0 Å². The minimum Gasteiger partial charge on any atom is -0.493 e. The highest BCUT2D eigenvalue weighted by Crippen LogP contribution is 2.23. The van der Waals surface area contributed by atoms with Crippen molar-refractivity contribution < 1.29 is 5.11 Å². The van der Waals surface area contributed by atoms with Gasteiger partial charge in [-0.15, -0.1) is 0 Å². The van der Waals surface area contributed by atoms with Crippen LogP contribution in [0.4, 0.5) is 0 Å². The van der Waals surface area contributed by atoms with Gasteiger partial charge in [-0.2, -0.15) is 5.10 Å². The third kappa shape index (κ3) is 2.73. The number of hydrogen-bond donors (Lipinski definition) is 1. The lowest BCUT2D eigenvalue weighted by atomic mass is 10.1. The quantitative estimate of drug-likeness (QED) is 0.872. The summed E-state index contributed by atoms with van der Waals surface area (Å²) >= 11 is 0. The van der Waals surface area contributed by atoms with Crippen LogP contribution in [-0.2, 0) is 13.0 Å². The summed E-state index contributed by atoms with van der Waals surface area (Å²) in [5, 5.41) is 14.0. The standard InChI is InChI=1S/C15H20N2O/c1-3-5-6-12-7-9-13(10-8-12)14-11-15(18)17(4-2)16-14/h7-11,18H,3-6H2,1-2H3. The van der Waals surface area contributed by atoms with Gasteiger partial charge in [-0.3, -0.25) is 0 Å². The van der Waals surface area contributed by atoms with Gasteiger partial charge in [0.05, 0.1) is 5.69 Å². The second-order valence-corrected chi connectivity index (χ2v) is 4.50. The Balaban J connectivity index is 2.17. The molecule has 0 saturated carbocycles. The molecule has 3 heteroatoms. The number of unbranched alkanes of at least 4 members (excludes halogenated alkanes) is 1. The summed E-state index contributed by atoms with van der Waals surface area (Å²) in [6, 6.07) is 10.2. The fourth-order valence-electron chi connectivity index (χ4n) is 2.00. The Hall–Kier alpha value is -1.77. The number of rotatable bonds is 5.